The van der Waals surface area contributed by atoms with Gasteiger partial charge in [-0.1, -0.05) is 140 Å². The molecule has 0 N–H and O–H groups in total. The van der Waals surface area contributed by atoms with Crippen LogP contribution in [-0.2, 0) is 13.0 Å². The smallest absolute Gasteiger partial charge is 0.194 e. The Kier molecular flexibility index (Phi) is 13.6. The maximum Gasteiger partial charge on any atom is 0.212 e. The summed E-state index contributed by atoms with van der Waals surface area (Å²) in [6.45, 7) is 3.23. The molecule has 0 bridgehead atoms. The molecule has 1 nitrogen and oxygen atoms in total. The van der Waals surface area contributed by atoms with Crippen LogP contribution in [0.5, 0.6) is 0 Å². The van der Waals surface area contributed by atoms with Crippen LogP contribution < -0.4 is 4.57 Å². The number of hydrogen-bond acceptors (Lipinski definition) is 0. The van der Waals surface area contributed by atoms with E-state index in [9.17, 15) is 0 Å². The van der Waals surface area contributed by atoms with Crippen LogP contribution in [0, 0.1) is 0 Å². The number of benzene rings is 2. The first kappa shape index (κ1) is 27.4. The molecule has 1 heterocycles. The fraction of sp³-hybridized carbons (Fsp3) is 0.559. The Labute approximate surface area is 216 Å². The van der Waals surface area contributed by atoms with Gasteiger partial charge in [0, 0.05) is 23.1 Å². The molecule has 3 aromatic rings. The van der Waals surface area contributed by atoms with Crippen LogP contribution in [0.25, 0.3) is 10.9 Å². The van der Waals surface area contributed by atoms with Gasteiger partial charge in [0.2, 0.25) is 5.52 Å². The summed E-state index contributed by atoms with van der Waals surface area (Å²) in [4.78, 5) is 0. The minimum Gasteiger partial charge on any atom is -0.194 e. The summed E-state index contributed by atoms with van der Waals surface area (Å²) in [7, 11) is 0. The Balaban J connectivity index is 1.18. The number of pyridine rings is 1. The van der Waals surface area contributed by atoms with Crippen molar-refractivity contribution >= 4 is 10.9 Å². The van der Waals surface area contributed by atoms with Gasteiger partial charge in [0.25, 0.3) is 0 Å². The highest BCUT2D eigenvalue weighted by molar-refractivity contribution is 5.74. The van der Waals surface area contributed by atoms with E-state index in [4.69, 9.17) is 0 Å². The molecule has 190 valence electrons. The van der Waals surface area contributed by atoms with Gasteiger partial charge in [-0.05, 0) is 30.5 Å². The molecule has 3 rings (SSSR count). The molecule has 0 unspecified atom stereocenters. The molecule has 0 aliphatic carbocycles. The van der Waals surface area contributed by atoms with E-state index in [1.165, 1.54) is 131 Å². The number of aromatic nitrogens is 1. The second-order valence-electron chi connectivity index (χ2n) is 10.6. The molecule has 0 saturated carbocycles. The fourth-order valence-electron chi connectivity index (χ4n) is 5.24. The molecular formula is C34H50N+. The van der Waals surface area contributed by atoms with E-state index in [0.29, 0.717) is 0 Å². The second-order valence-corrected chi connectivity index (χ2v) is 10.6. The van der Waals surface area contributed by atoms with Gasteiger partial charge in [-0.15, -0.1) is 0 Å². The van der Waals surface area contributed by atoms with E-state index < -0.39 is 0 Å². The lowest BCUT2D eigenvalue weighted by molar-refractivity contribution is -0.662. The topological polar surface area (TPSA) is 3.88 Å². The molecular weight excluding hydrogens is 422 g/mol. The molecule has 0 aliphatic heterocycles. The van der Waals surface area contributed by atoms with Crippen LogP contribution >= 0.6 is 0 Å². The van der Waals surface area contributed by atoms with Crippen molar-refractivity contribution in [2.75, 3.05) is 0 Å². The number of unbranched alkanes of at least 4 members (excludes halogenated alkanes) is 15. The summed E-state index contributed by atoms with van der Waals surface area (Å²) in [5, 5.41) is 1.30. The molecule has 0 spiro atoms. The summed E-state index contributed by atoms with van der Waals surface area (Å²) >= 11 is 0. The van der Waals surface area contributed by atoms with Crippen LogP contribution in [0.3, 0.4) is 0 Å². The normalized spacial score (nSPS) is 11.3. The van der Waals surface area contributed by atoms with Crippen LogP contribution in [0.2, 0.25) is 0 Å². The lowest BCUT2D eigenvalue weighted by Gasteiger charge is -2.05. The molecule has 1 heteroatoms. The van der Waals surface area contributed by atoms with Crippen molar-refractivity contribution < 1.29 is 4.57 Å². The fourth-order valence-corrected chi connectivity index (χ4v) is 5.24. The highest BCUT2D eigenvalue weighted by Crippen LogP contribution is 2.15. The minimum atomic E-state index is 0.931. The van der Waals surface area contributed by atoms with Crippen molar-refractivity contribution in [3.05, 3.63) is 78.0 Å². The number of para-hydroxylation sites is 1. The quantitative estimate of drug-likeness (QED) is 0.121. The van der Waals surface area contributed by atoms with Crippen molar-refractivity contribution in [3.63, 3.8) is 0 Å². The average Bonchev–Trinajstić information content (AvgIpc) is 2.89. The van der Waals surface area contributed by atoms with E-state index >= 15 is 0 Å². The summed E-state index contributed by atoms with van der Waals surface area (Å²) in [5.41, 5.74) is 4.16. The summed E-state index contributed by atoms with van der Waals surface area (Å²) in [6.07, 6.45) is 26.3. The van der Waals surface area contributed by atoms with Crippen molar-refractivity contribution in [2.45, 2.75) is 123 Å². The van der Waals surface area contributed by atoms with Crippen molar-refractivity contribution in [3.8, 4) is 0 Å². The van der Waals surface area contributed by atoms with Crippen molar-refractivity contribution in [1.29, 1.82) is 0 Å². The lowest BCUT2D eigenvalue weighted by Crippen LogP contribution is -2.34. The van der Waals surface area contributed by atoms with Gasteiger partial charge in [-0.2, -0.15) is 4.57 Å². The van der Waals surface area contributed by atoms with Gasteiger partial charge < -0.3 is 0 Å². The number of hydrogen-bond donors (Lipinski definition) is 0. The Bertz CT molecular complexity index is 921. The van der Waals surface area contributed by atoms with E-state index in [1.54, 1.807) is 0 Å². The standard InChI is InChI=1S/C34H50N/c1-2-3-4-5-6-7-8-9-10-11-12-13-14-15-16-17-21-31-25-27-32(28-26-31)30-35-29-20-23-33-22-18-19-24-34(33)35/h18-20,22-29H,2-17,21,30H2,1H3/q+1. The van der Waals surface area contributed by atoms with E-state index in [-0.39, 0.29) is 0 Å². The molecule has 2 aromatic carbocycles. The van der Waals surface area contributed by atoms with Gasteiger partial charge >= 0.3 is 0 Å². The third-order valence-electron chi connectivity index (χ3n) is 7.48. The third kappa shape index (κ3) is 11.0. The molecule has 1 aromatic heterocycles. The Morgan fingerprint density at radius 3 is 1.57 bits per heavy atom. The van der Waals surface area contributed by atoms with Gasteiger partial charge in [-0.3, -0.25) is 0 Å². The molecule has 0 fully saturated rings. The first-order chi connectivity index (χ1) is 17.4. The average molecular weight is 473 g/mol. The lowest BCUT2D eigenvalue weighted by atomic mass is 10.0. The first-order valence-corrected chi connectivity index (χ1v) is 14.8. The zero-order chi connectivity index (χ0) is 24.4. The van der Waals surface area contributed by atoms with Crippen LogP contribution in [0.15, 0.2) is 66.9 Å². The van der Waals surface area contributed by atoms with Crippen LogP contribution in [0.1, 0.15) is 121 Å². The maximum absolute atomic E-state index is 2.35. The predicted octanol–water partition coefficient (Wildman–Crippen LogP) is 9.98. The van der Waals surface area contributed by atoms with Crippen molar-refractivity contribution in [2.24, 2.45) is 0 Å². The Hall–Kier alpha value is -2.15. The molecule has 0 aliphatic rings. The first-order valence-electron chi connectivity index (χ1n) is 14.8. The summed E-state index contributed by atoms with van der Waals surface area (Å²) in [5.74, 6) is 0. The van der Waals surface area contributed by atoms with Gasteiger partial charge in [0.15, 0.2) is 12.7 Å². The molecule has 0 saturated heterocycles. The second kappa shape index (κ2) is 17.3. The maximum atomic E-state index is 2.35. The van der Waals surface area contributed by atoms with Crippen LogP contribution in [-0.4, -0.2) is 0 Å². The number of aryl methyl sites for hydroxylation is 1. The van der Waals surface area contributed by atoms with E-state index in [0.717, 1.165) is 6.54 Å². The molecule has 0 radical (unpaired) electrons. The molecule has 0 amide bonds. The predicted molar refractivity (Wildman–Crippen MR) is 153 cm³/mol. The van der Waals surface area contributed by atoms with Gasteiger partial charge in [0.05, 0.1) is 0 Å². The Morgan fingerprint density at radius 2 is 0.971 bits per heavy atom. The van der Waals surface area contributed by atoms with E-state index in [2.05, 4.69) is 78.4 Å². The van der Waals surface area contributed by atoms with Crippen molar-refractivity contribution in [1.82, 2.24) is 0 Å². The Morgan fingerprint density at radius 1 is 0.486 bits per heavy atom. The number of fused-ring (bicyclic) bond motifs is 1. The van der Waals surface area contributed by atoms with Gasteiger partial charge in [0.1, 0.15) is 0 Å². The highest BCUT2D eigenvalue weighted by atomic mass is 14.9. The van der Waals surface area contributed by atoms with Gasteiger partial charge in [-0.25, -0.2) is 0 Å². The number of rotatable bonds is 19. The minimum absolute atomic E-state index is 0.931. The monoisotopic (exact) mass is 472 g/mol. The third-order valence-corrected chi connectivity index (χ3v) is 7.48. The zero-order valence-corrected chi connectivity index (χ0v) is 22.5. The molecule has 35 heavy (non-hydrogen) atoms. The zero-order valence-electron chi connectivity index (χ0n) is 22.5. The highest BCUT2D eigenvalue weighted by Gasteiger charge is 2.08. The largest absolute Gasteiger partial charge is 0.212 e. The number of nitrogens with zero attached hydrogens (tertiary/aromatic N) is 1. The van der Waals surface area contributed by atoms with Crippen LogP contribution in [0.4, 0.5) is 0 Å². The summed E-state index contributed by atoms with van der Waals surface area (Å²) in [6, 6.07) is 22.3. The summed E-state index contributed by atoms with van der Waals surface area (Å²) < 4.78 is 2.35. The SMILES string of the molecule is CCCCCCCCCCCCCCCCCCc1ccc(C[n+]2cccc3ccccc32)cc1. The van der Waals surface area contributed by atoms with E-state index in [1.807, 2.05) is 0 Å². The molecule has 0 atom stereocenters.